The summed E-state index contributed by atoms with van der Waals surface area (Å²) >= 11 is 0. The first-order valence-electron chi connectivity index (χ1n) is 4.52. The van der Waals surface area contributed by atoms with Gasteiger partial charge in [-0.15, -0.1) is 0 Å². The number of nitrogens with zero attached hydrogens (tertiary/aromatic N) is 1. The Morgan fingerprint density at radius 2 is 2.50 bits per heavy atom. The predicted octanol–water partition coefficient (Wildman–Crippen LogP) is 0.488. The van der Waals surface area contributed by atoms with Crippen LogP contribution in [-0.4, -0.2) is 25.2 Å². The Kier molecular flexibility index (Phi) is 3.07. The molecule has 0 spiro atoms. The lowest BCUT2D eigenvalue weighted by atomic mass is 10.0. The third-order valence-electron chi connectivity index (χ3n) is 2.42. The Morgan fingerprint density at radius 1 is 1.75 bits per heavy atom. The van der Waals surface area contributed by atoms with Gasteiger partial charge in [-0.25, -0.2) is 0 Å². The van der Waals surface area contributed by atoms with Crippen molar-refractivity contribution < 1.29 is 0 Å². The van der Waals surface area contributed by atoms with Crippen LogP contribution in [0, 0.1) is 17.2 Å². The van der Waals surface area contributed by atoms with Gasteiger partial charge in [0.25, 0.3) is 0 Å². The lowest BCUT2D eigenvalue weighted by Gasteiger charge is -2.25. The Hall–Kier alpha value is -0.590. The third-order valence-corrected chi connectivity index (χ3v) is 2.42. The van der Waals surface area contributed by atoms with Crippen molar-refractivity contribution in [3.05, 3.63) is 0 Å². The minimum Gasteiger partial charge on any atom is -0.315 e. The van der Waals surface area contributed by atoms with Crippen molar-refractivity contribution in [1.82, 2.24) is 10.6 Å². The monoisotopic (exact) mass is 167 g/mol. The maximum atomic E-state index is 8.59. The lowest BCUT2D eigenvalue weighted by molar-refractivity contribution is 0.373. The van der Waals surface area contributed by atoms with Crippen molar-refractivity contribution in [2.45, 2.75) is 25.8 Å². The summed E-state index contributed by atoms with van der Waals surface area (Å²) < 4.78 is 0. The summed E-state index contributed by atoms with van der Waals surface area (Å²) in [6.07, 6.45) is 1.16. The van der Waals surface area contributed by atoms with E-state index in [1.54, 1.807) is 0 Å². The van der Waals surface area contributed by atoms with E-state index >= 15 is 0 Å². The zero-order valence-corrected chi connectivity index (χ0v) is 7.85. The highest BCUT2D eigenvalue weighted by Gasteiger charge is 2.27. The van der Waals surface area contributed by atoms with Gasteiger partial charge in [0, 0.05) is 18.6 Å². The highest BCUT2D eigenvalue weighted by Crippen LogP contribution is 2.13. The molecule has 1 fully saturated rings. The number of hydrogen-bond donors (Lipinski definition) is 2. The fourth-order valence-corrected chi connectivity index (χ4v) is 1.41. The predicted molar refractivity (Wildman–Crippen MR) is 48.7 cm³/mol. The molecule has 0 aromatic carbocycles. The van der Waals surface area contributed by atoms with E-state index in [-0.39, 0.29) is 11.5 Å². The van der Waals surface area contributed by atoms with Gasteiger partial charge < -0.3 is 10.6 Å². The lowest BCUT2D eigenvalue weighted by Crippen LogP contribution is -2.45. The van der Waals surface area contributed by atoms with E-state index in [1.807, 2.05) is 6.92 Å². The average Bonchev–Trinajstić information content (AvgIpc) is 2.49. The smallest absolute Gasteiger partial charge is 0.0666 e. The van der Waals surface area contributed by atoms with E-state index in [9.17, 15) is 0 Å². The largest absolute Gasteiger partial charge is 0.315 e. The molecular formula is C9H17N3. The second-order valence-corrected chi connectivity index (χ2v) is 3.90. The molecule has 0 aromatic rings. The standard InChI is InChI=1S/C9H17N3/c1-8(5-10)6-12-9(2)3-4-11-7-9/h8,11-12H,3-4,6-7H2,1-2H3. The summed E-state index contributed by atoms with van der Waals surface area (Å²) in [7, 11) is 0. The maximum absolute atomic E-state index is 8.59. The third kappa shape index (κ3) is 2.47. The molecule has 3 heteroatoms. The van der Waals surface area contributed by atoms with E-state index in [0.29, 0.717) is 0 Å². The van der Waals surface area contributed by atoms with Crippen molar-refractivity contribution >= 4 is 0 Å². The summed E-state index contributed by atoms with van der Waals surface area (Å²) in [5.41, 5.74) is 0.213. The molecule has 1 rings (SSSR count). The Labute approximate surface area is 74.1 Å². The molecule has 2 unspecified atom stereocenters. The van der Waals surface area contributed by atoms with Crippen LogP contribution in [0.25, 0.3) is 0 Å². The van der Waals surface area contributed by atoms with Gasteiger partial charge in [-0.05, 0) is 26.8 Å². The zero-order valence-electron chi connectivity index (χ0n) is 7.85. The van der Waals surface area contributed by atoms with Crippen LogP contribution < -0.4 is 10.6 Å². The van der Waals surface area contributed by atoms with Crippen LogP contribution in [0.1, 0.15) is 20.3 Å². The topological polar surface area (TPSA) is 47.9 Å². The minimum atomic E-state index is 0.113. The van der Waals surface area contributed by atoms with E-state index in [4.69, 9.17) is 5.26 Å². The fourth-order valence-electron chi connectivity index (χ4n) is 1.41. The molecule has 2 atom stereocenters. The van der Waals surface area contributed by atoms with Gasteiger partial charge in [-0.2, -0.15) is 5.26 Å². The number of hydrogen-bond acceptors (Lipinski definition) is 3. The Balaban J connectivity index is 2.26. The molecule has 68 valence electrons. The molecule has 1 aliphatic rings. The Morgan fingerprint density at radius 3 is 3.00 bits per heavy atom. The highest BCUT2D eigenvalue weighted by molar-refractivity contribution is 4.93. The van der Waals surface area contributed by atoms with Crippen LogP contribution >= 0.6 is 0 Å². The SMILES string of the molecule is CC(C#N)CNC1(C)CCNC1. The van der Waals surface area contributed by atoms with Crippen LogP contribution in [0.3, 0.4) is 0 Å². The molecular weight excluding hydrogens is 150 g/mol. The quantitative estimate of drug-likeness (QED) is 0.643. The van der Waals surface area contributed by atoms with Crippen LogP contribution in [0.4, 0.5) is 0 Å². The molecule has 1 heterocycles. The number of nitriles is 1. The first-order chi connectivity index (χ1) is 5.66. The van der Waals surface area contributed by atoms with Crippen molar-refractivity contribution in [3.8, 4) is 6.07 Å². The van der Waals surface area contributed by atoms with E-state index in [2.05, 4.69) is 23.6 Å². The molecule has 0 saturated carbocycles. The van der Waals surface area contributed by atoms with Gasteiger partial charge >= 0.3 is 0 Å². The molecule has 1 saturated heterocycles. The molecule has 0 aliphatic carbocycles. The fraction of sp³-hybridized carbons (Fsp3) is 0.889. The summed E-state index contributed by atoms with van der Waals surface area (Å²) in [6.45, 7) is 7.06. The van der Waals surface area contributed by atoms with Gasteiger partial charge in [0.2, 0.25) is 0 Å². The van der Waals surface area contributed by atoms with Gasteiger partial charge in [-0.1, -0.05) is 0 Å². The van der Waals surface area contributed by atoms with E-state index in [0.717, 1.165) is 26.1 Å². The molecule has 0 amide bonds. The van der Waals surface area contributed by atoms with Crippen LogP contribution in [0.15, 0.2) is 0 Å². The van der Waals surface area contributed by atoms with Crippen molar-refractivity contribution in [1.29, 1.82) is 5.26 Å². The molecule has 2 N–H and O–H groups in total. The second-order valence-electron chi connectivity index (χ2n) is 3.90. The summed E-state index contributed by atoms with van der Waals surface area (Å²) in [5.74, 6) is 0.113. The Bertz CT molecular complexity index is 177. The number of rotatable bonds is 3. The summed E-state index contributed by atoms with van der Waals surface area (Å²) in [5, 5.41) is 15.3. The van der Waals surface area contributed by atoms with Crippen molar-refractivity contribution in [3.63, 3.8) is 0 Å². The first-order valence-corrected chi connectivity index (χ1v) is 4.52. The molecule has 3 nitrogen and oxygen atoms in total. The number of nitrogens with one attached hydrogen (secondary N) is 2. The maximum Gasteiger partial charge on any atom is 0.0666 e. The highest BCUT2D eigenvalue weighted by atomic mass is 15.1. The van der Waals surface area contributed by atoms with E-state index in [1.165, 1.54) is 0 Å². The molecule has 1 aliphatic heterocycles. The van der Waals surface area contributed by atoms with Crippen molar-refractivity contribution in [2.24, 2.45) is 5.92 Å². The second kappa shape index (κ2) is 3.88. The zero-order chi connectivity index (χ0) is 9.03. The van der Waals surface area contributed by atoms with Gasteiger partial charge in [0.15, 0.2) is 0 Å². The molecule has 12 heavy (non-hydrogen) atoms. The summed E-state index contributed by atoms with van der Waals surface area (Å²) in [4.78, 5) is 0. The van der Waals surface area contributed by atoms with E-state index < -0.39 is 0 Å². The van der Waals surface area contributed by atoms with Gasteiger partial charge in [-0.3, -0.25) is 0 Å². The van der Waals surface area contributed by atoms with Gasteiger partial charge in [0.05, 0.1) is 12.0 Å². The van der Waals surface area contributed by atoms with Gasteiger partial charge in [0.1, 0.15) is 0 Å². The van der Waals surface area contributed by atoms with Crippen LogP contribution in [-0.2, 0) is 0 Å². The first kappa shape index (κ1) is 9.50. The molecule has 0 aromatic heterocycles. The average molecular weight is 167 g/mol. The van der Waals surface area contributed by atoms with Crippen LogP contribution in [0.5, 0.6) is 0 Å². The normalized spacial score (nSPS) is 31.4. The van der Waals surface area contributed by atoms with Crippen molar-refractivity contribution in [2.75, 3.05) is 19.6 Å². The molecule has 0 bridgehead atoms. The molecule has 0 radical (unpaired) electrons. The minimum absolute atomic E-state index is 0.113. The van der Waals surface area contributed by atoms with Crippen LogP contribution in [0.2, 0.25) is 0 Å². The summed E-state index contributed by atoms with van der Waals surface area (Å²) in [6, 6.07) is 2.22.